The van der Waals surface area contributed by atoms with Crippen LogP contribution in [0.4, 0.5) is 0 Å². The van der Waals surface area contributed by atoms with Crippen LogP contribution in [0.3, 0.4) is 0 Å². The molecule has 0 saturated heterocycles. The maximum atomic E-state index is 12.1. The van der Waals surface area contributed by atoms with Gasteiger partial charge in [0.15, 0.2) is 0 Å². The first kappa shape index (κ1) is 16.4. The van der Waals surface area contributed by atoms with E-state index < -0.39 is 5.60 Å². The lowest BCUT2D eigenvalue weighted by Crippen LogP contribution is -2.46. The smallest absolute Gasteiger partial charge is 0.253 e. The molecule has 0 aliphatic heterocycles. The predicted molar refractivity (Wildman–Crippen MR) is 71.8 cm³/mol. The van der Waals surface area contributed by atoms with Crippen molar-refractivity contribution in [2.75, 3.05) is 13.1 Å². The fourth-order valence-corrected chi connectivity index (χ4v) is 1.53. The third-order valence-corrected chi connectivity index (χ3v) is 2.76. The third kappa shape index (κ3) is 7.37. The topological polar surface area (TPSA) is 40.5 Å². The van der Waals surface area contributed by atoms with Crippen LogP contribution in [0.5, 0.6) is 0 Å². The average molecular weight is 243 g/mol. The van der Waals surface area contributed by atoms with Gasteiger partial charge in [-0.25, -0.2) is 0 Å². The van der Waals surface area contributed by atoms with Gasteiger partial charge in [0.05, 0.1) is 0 Å². The van der Waals surface area contributed by atoms with Crippen molar-refractivity contribution in [1.29, 1.82) is 0 Å². The maximum absolute atomic E-state index is 12.1. The number of hydrogen-bond donors (Lipinski definition) is 1. The molecule has 1 N–H and O–H groups in total. The van der Waals surface area contributed by atoms with E-state index in [-0.39, 0.29) is 5.91 Å². The molecule has 0 aromatic carbocycles. The Bertz CT molecular complexity index is 217. The molecule has 102 valence electrons. The van der Waals surface area contributed by atoms with Crippen LogP contribution in [0.1, 0.15) is 54.4 Å². The van der Waals surface area contributed by atoms with Crippen molar-refractivity contribution in [2.45, 2.75) is 60.0 Å². The number of carbonyl (C=O) groups excluding carboxylic acids is 1. The summed E-state index contributed by atoms with van der Waals surface area (Å²) in [7, 11) is 0. The quantitative estimate of drug-likeness (QED) is 0.747. The molecule has 0 aromatic rings. The Kier molecular flexibility index (Phi) is 6.76. The molecule has 0 aliphatic carbocycles. The summed E-state index contributed by atoms with van der Waals surface area (Å²) in [6.45, 7) is 13.2. The summed E-state index contributed by atoms with van der Waals surface area (Å²) in [5.74, 6) is 0.996. The van der Waals surface area contributed by atoms with Crippen LogP contribution in [-0.4, -0.2) is 34.6 Å². The number of aliphatic hydroxyl groups is 1. The van der Waals surface area contributed by atoms with Gasteiger partial charge in [0.25, 0.3) is 5.91 Å². The lowest BCUT2D eigenvalue weighted by atomic mass is 10.0. The Labute approximate surface area is 106 Å². The molecule has 1 amide bonds. The van der Waals surface area contributed by atoms with Crippen molar-refractivity contribution in [3.05, 3.63) is 0 Å². The van der Waals surface area contributed by atoms with Gasteiger partial charge >= 0.3 is 0 Å². The molecule has 3 heteroatoms. The van der Waals surface area contributed by atoms with Gasteiger partial charge in [-0.15, -0.1) is 0 Å². The summed E-state index contributed by atoms with van der Waals surface area (Å²) in [6.07, 6.45) is 1.97. The van der Waals surface area contributed by atoms with E-state index in [1.54, 1.807) is 18.7 Å². The molecule has 0 fully saturated rings. The number of hydrogen-bond acceptors (Lipinski definition) is 2. The van der Waals surface area contributed by atoms with Crippen LogP contribution in [0, 0.1) is 11.8 Å². The van der Waals surface area contributed by atoms with Crippen LogP contribution >= 0.6 is 0 Å². The molecule has 0 rings (SSSR count). The Balaban J connectivity index is 4.44. The summed E-state index contributed by atoms with van der Waals surface area (Å²) >= 11 is 0. The van der Waals surface area contributed by atoms with Gasteiger partial charge in [-0.2, -0.15) is 0 Å². The number of nitrogens with zero attached hydrogens (tertiary/aromatic N) is 1. The van der Waals surface area contributed by atoms with E-state index in [1.807, 2.05) is 0 Å². The van der Waals surface area contributed by atoms with Gasteiger partial charge in [-0.05, 0) is 38.5 Å². The standard InChI is InChI=1S/C14H29NO2/c1-11(2)7-9-15(10-8-12(3)4)13(16)14(5,6)17/h11-12,17H,7-10H2,1-6H3. The highest BCUT2D eigenvalue weighted by atomic mass is 16.3. The van der Waals surface area contributed by atoms with E-state index in [1.165, 1.54) is 0 Å². The van der Waals surface area contributed by atoms with Crippen molar-refractivity contribution in [1.82, 2.24) is 4.90 Å². The fourth-order valence-electron chi connectivity index (χ4n) is 1.53. The Morgan fingerprint density at radius 2 is 1.41 bits per heavy atom. The normalized spacial score (nSPS) is 12.3. The molecule has 0 radical (unpaired) electrons. The average Bonchev–Trinajstić information content (AvgIpc) is 2.14. The Hall–Kier alpha value is -0.570. The maximum Gasteiger partial charge on any atom is 0.253 e. The van der Waals surface area contributed by atoms with Crippen LogP contribution in [0.15, 0.2) is 0 Å². The number of amides is 1. The number of rotatable bonds is 7. The molecule has 0 aromatic heterocycles. The zero-order valence-corrected chi connectivity index (χ0v) is 12.3. The van der Waals surface area contributed by atoms with Gasteiger partial charge in [-0.3, -0.25) is 4.79 Å². The van der Waals surface area contributed by atoms with Gasteiger partial charge in [0.2, 0.25) is 0 Å². The van der Waals surface area contributed by atoms with Gasteiger partial charge in [0, 0.05) is 13.1 Å². The summed E-state index contributed by atoms with van der Waals surface area (Å²) in [5, 5.41) is 9.80. The first-order valence-electron chi connectivity index (χ1n) is 6.66. The van der Waals surface area contributed by atoms with Crippen molar-refractivity contribution in [3.8, 4) is 0 Å². The second-order valence-electron chi connectivity index (χ2n) is 6.22. The highest BCUT2D eigenvalue weighted by Gasteiger charge is 2.29. The zero-order valence-electron chi connectivity index (χ0n) is 12.3. The van der Waals surface area contributed by atoms with Gasteiger partial charge in [0.1, 0.15) is 5.60 Å². The van der Waals surface area contributed by atoms with Gasteiger partial charge in [-0.1, -0.05) is 27.7 Å². The lowest BCUT2D eigenvalue weighted by Gasteiger charge is -2.29. The van der Waals surface area contributed by atoms with Crippen LogP contribution in [0.2, 0.25) is 0 Å². The monoisotopic (exact) mass is 243 g/mol. The van der Waals surface area contributed by atoms with Crippen molar-refractivity contribution >= 4 is 5.91 Å². The van der Waals surface area contributed by atoms with E-state index in [9.17, 15) is 9.90 Å². The molecule has 3 nitrogen and oxygen atoms in total. The first-order valence-corrected chi connectivity index (χ1v) is 6.66. The number of carbonyl (C=O) groups is 1. The predicted octanol–water partition coefficient (Wildman–Crippen LogP) is 2.68. The minimum absolute atomic E-state index is 0.154. The zero-order chi connectivity index (χ0) is 13.6. The summed E-state index contributed by atoms with van der Waals surface area (Å²) in [6, 6.07) is 0. The van der Waals surface area contributed by atoms with Crippen LogP contribution < -0.4 is 0 Å². The van der Waals surface area contributed by atoms with Crippen molar-refractivity contribution in [2.24, 2.45) is 11.8 Å². The van der Waals surface area contributed by atoms with E-state index in [4.69, 9.17) is 0 Å². The molecule has 17 heavy (non-hydrogen) atoms. The van der Waals surface area contributed by atoms with Crippen molar-refractivity contribution in [3.63, 3.8) is 0 Å². The Morgan fingerprint density at radius 3 is 1.65 bits per heavy atom. The minimum atomic E-state index is -1.26. The van der Waals surface area contributed by atoms with E-state index >= 15 is 0 Å². The fraction of sp³-hybridized carbons (Fsp3) is 0.929. The van der Waals surface area contributed by atoms with E-state index in [0.717, 1.165) is 25.9 Å². The molecule has 0 saturated carbocycles. The van der Waals surface area contributed by atoms with Crippen molar-refractivity contribution < 1.29 is 9.90 Å². The molecule has 0 aliphatic rings. The first-order chi connectivity index (χ1) is 7.64. The largest absolute Gasteiger partial charge is 0.381 e. The molecule has 0 heterocycles. The molecular formula is C14H29NO2. The molecule has 0 unspecified atom stereocenters. The molecule has 0 bridgehead atoms. The molecular weight excluding hydrogens is 214 g/mol. The SMILES string of the molecule is CC(C)CCN(CCC(C)C)C(=O)C(C)(C)O. The Morgan fingerprint density at radius 1 is 1.06 bits per heavy atom. The third-order valence-electron chi connectivity index (χ3n) is 2.76. The summed E-state index contributed by atoms with van der Waals surface area (Å²) in [5.41, 5.74) is -1.26. The van der Waals surface area contributed by atoms with E-state index in [0.29, 0.717) is 11.8 Å². The van der Waals surface area contributed by atoms with E-state index in [2.05, 4.69) is 27.7 Å². The van der Waals surface area contributed by atoms with Crippen LogP contribution in [-0.2, 0) is 4.79 Å². The minimum Gasteiger partial charge on any atom is -0.381 e. The molecule has 0 spiro atoms. The summed E-state index contributed by atoms with van der Waals surface area (Å²) < 4.78 is 0. The lowest BCUT2D eigenvalue weighted by molar-refractivity contribution is -0.148. The highest BCUT2D eigenvalue weighted by molar-refractivity contribution is 5.84. The summed E-state index contributed by atoms with van der Waals surface area (Å²) in [4.78, 5) is 13.9. The van der Waals surface area contributed by atoms with Gasteiger partial charge < -0.3 is 10.0 Å². The second-order valence-corrected chi connectivity index (χ2v) is 6.22. The molecule has 0 atom stereocenters. The highest BCUT2D eigenvalue weighted by Crippen LogP contribution is 2.12. The second kappa shape index (κ2) is 7.00. The van der Waals surface area contributed by atoms with Crippen LogP contribution in [0.25, 0.3) is 0 Å².